The predicted octanol–water partition coefficient (Wildman–Crippen LogP) is 4.64. The summed E-state index contributed by atoms with van der Waals surface area (Å²) in [5, 5.41) is 9.95. The van der Waals surface area contributed by atoms with Crippen molar-refractivity contribution >= 4 is 11.6 Å². The van der Waals surface area contributed by atoms with Crippen LogP contribution in [0.2, 0.25) is 5.02 Å². The molecule has 0 bridgehead atoms. The van der Waals surface area contributed by atoms with Crippen molar-refractivity contribution in [2.24, 2.45) is 0 Å². The summed E-state index contributed by atoms with van der Waals surface area (Å²) in [6.45, 7) is -0.184. The molecule has 1 N–H and O–H groups in total. The minimum absolute atomic E-state index is 0.123. The average molecular weight is 303 g/mol. The standard InChI is InChI=1S/C14H10ClF3O2/c15-10-6-5-9(12(19)7-10)8-20-13-4-2-1-3-11(13)14(16,17)18/h1-7,19H,8H2. The van der Waals surface area contributed by atoms with Crippen molar-refractivity contribution in [3.05, 3.63) is 58.6 Å². The van der Waals surface area contributed by atoms with Crippen molar-refractivity contribution in [1.82, 2.24) is 0 Å². The fourth-order valence-corrected chi connectivity index (χ4v) is 1.81. The van der Waals surface area contributed by atoms with Gasteiger partial charge in [0.1, 0.15) is 18.1 Å². The Morgan fingerprint density at radius 1 is 1.10 bits per heavy atom. The monoisotopic (exact) mass is 302 g/mol. The smallest absolute Gasteiger partial charge is 0.419 e. The van der Waals surface area contributed by atoms with Crippen LogP contribution in [0.5, 0.6) is 11.5 Å². The minimum Gasteiger partial charge on any atom is -0.507 e. The maximum absolute atomic E-state index is 12.8. The van der Waals surface area contributed by atoms with E-state index in [1.165, 1.54) is 36.4 Å². The molecular weight excluding hydrogens is 293 g/mol. The van der Waals surface area contributed by atoms with Gasteiger partial charge in [-0.05, 0) is 24.3 Å². The van der Waals surface area contributed by atoms with Crippen LogP contribution in [-0.4, -0.2) is 5.11 Å². The van der Waals surface area contributed by atoms with Gasteiger partial charge < -0.3 is 9.84 Å². The minimum atomic E-state index is -4.49. The average Bonchev–Trinajstić information content (AvgIpc) is 2.37. The third-order valence-electron chi connectivity index (χ3n) is 2.62. The Morgan fingerprint density at radius 2 is 1.80 bits per heavy atom. The molecule has 0 spiro atoms. The Labute approximate surface area is 118 Å². The molecule has 20 heavy (non-hydrogen) atoms. The molecule has 0 unspecified atom stereocenters. The van der Waals surface area contributed by atoms with Gasteiger partial charge in [-0.15, -0.1) is 0 Å². The van der Waals surface area contributed by atoms with Gasteiger partial charge in [0.15, 0.2) is 0 Å². The highest BCUT2D eigenvalue weighted by Gasteiger charge is 2.34. The first-order valence-electron chi connectivity index (χ1n) is 5.64. The van der Waals surface area contributed by atoms with Gasteiger partial charge in [-0.2, -0.15) is 13.2 Å². The van der Waals surface area contributed by atoms with Crippen molar-refractivity contribution in [2.75, 3.05) is 0 Å². The zero-order chi connectivity index (χ0) is 14.8. The molecule has 0 aliphatic heterocycles. The van der Waals surface area contributed by atoms with Gasteiger partial charge in [-0.1, -0.05) is 29.8 Å². The van der Waals surface area contributed by atoms with Gasteiger partial charge in [-0.25, -0.2) is 0 Å². The molecule has 0 atom stereocenters. The Bertz CT molecular complexity index is 612. The maximum atomic E-state index is 12.8. The number of halogens is 4. The van der Waals surface area contributed by atoms with E-state index in [-0.39, 0.29) is 18.1 Å². The van der Waals surface area contributed by atoms with E-state index in [1.807, 2.05) is 0 Å². The van der Waals surface area contributed by atoms with E-state index in [1.54, 1.807) is 0 Å². The number of rotatable bonds is 3. The van der Waals surface area contributed by atoms with Crippen molar-refractivity contribution in [3.8, 4) is 11.5 Å². The summed E-state index contributed by atoms with van der Waals surface area (Å²) in [4.78, 5) is 0. The Hall–Kier alpha value is -1.88. The number of phenols is 1. The molecule has 0 aliphatic carbocycles. The molecular formula is C14H10ClF3O2. The molecule has 2 nitrogen and oxygen atoms in total. The van der Waals surface area contributed by atoms with E-state index in [4.69, 9.17) is 16.3 Å². The topological polar surface area (TPSA) is 29.5 Å². The first kappa shape index (κ1) is 14.5. The Morgan fingerprint density at radius 3 is 2.45 bits per heavy atom. The maximum Gasteiger partial charge on any atom is 0.419 e. The van der Waals surface area contributed by atoms with Gasteiger partial charge in [-0.3, -0.25) is 0 Å². The summed E-state index contributed by atoms with van der Waals surface area (Å²) in [5.41, 5.74) is -0.500. The third kappa shape index (κ3) is 3.36. The molecule has 0 aromatic heterocycles. The van der Waals surface area contributed by atoms with E-state index in [0.717, 1.165) is 6.07 Å². The summed E-state index contributed by atoms with van der Waals surface area (Å²) in [6.07, 6.45) is -4.49. The second kappa shape index (κ2) is 5.63. The van der Waals surface area contributed by atoms with Gasteiger partial charge in [0, 0.05) is 10.6 Å². The van der Waals surface area contributed by atoms with Crippen LogP contribution in [0.3, 0.4) is 0 Å². The van der Waals surface area contributed by atoms with E-state index >= 15 is 0 Å². The molecule has 2 rings (SSSR count). The van der Waals surface area contributed by atoms with Crippen LogP contribution in [0.25, 0.3) is 0 Å². The lowest BCUT2D eigenvalue weighted by molar-refractivity contribution is -0.139. The zero-order valence-electron chi connectivity index (χ0n) is 10.1. The number of para-hydroxylation sites is 1. The molecule has 0 heterocycles. The largest absolute Gasteiger partial charge is 0.507 e. The first-order chi connectivity index (χ1) is 9.38. The van der Waals surface area contributed by atoms with E-state index < -0.39 is 11.7 Å². The third-order valence-corrected chi connectivity index (χ3v) is 2.86. The van der Waals surface area contributed by atoms with Crippen molar-refractivity contribution in [1.29, 1.82) is 0 Å². The fraction of sp³-hybridized carbons (Fsp3) is 0.143. The molecule has 106 valence electrons. The lowest BCUT2D eigenvalue weighted by atomic mass is 10.2. The lowest BCUT2D eigenvalue weighted by Gasteiger charge is -2.14. The molecule has 0 amide bonds. The summed E-state index contributed by atoms with van der Waals surface area (Å²) < 4.78 is 43.4. The second-order valence-corrected chi connectivity index (χ2v) is 4.49. The number of ether oxygens (including phenoxy) is 1. The molecule has 0 fully saturated rings. The van der Waals surface area contributed by atoms with Crippen LogP contribution in [0, 0.1) is 0 Å². The zero-order valence-corrected chi connectivity index (χ0v) is 10.9. The summed E-state index contributed by atoms with van der Waals surface area (Å²) in [7, 11) is 0. The Balaban J connectivity index is 2.19. The SMILES string of the molecule is Oc1cc(Cl)ccc1COc1ccccc1C(F)(F)F. The summed E-state index contributed by atoms with van der Waals surface area (Å²) in [6, 6.07) is 9.23. The van der Waals surface area contributed by atoms with Crippen molar-refractivity contribution < 1.29 is 23.0 Å². The highest BCUT2D eigenvalue weighted by atomic mass is 35.5. The van der Waals surface area contributed by atoms with Gasteiger partial charge in [0.05, 0.1) is 5.56 Å². The first-order valence-corrected chi connectivity index (χ1v) is 6.02. The fourth-order valence-electron chi connectivity index (χ4n) is 1.64. The van der Waals surface area contributed by atoms with E-state index in [0.29, 0.717) is 10.6 Å². The highest BCUT2D eigenvalue weighted by Crippen LogP contribution is 2.36. The van der Waals surface area contributed by atoms with Crippen LogP contribution in [0.4, 0.5) is 13.2 Å². The summed E-state index contributed by atoms with van der Waals surface area (Å²) >= 11 is 5.67. The van der Waals surface area contributed by atoms with Crippen LogP contribution < -0.4 is 4.74 Å². The van der Waals surface area contributed by atoms with Crippen molar-refractivity contribution in [2.45, 2.75) is 12.8 Å². The number of alkyl halides is 3. The van der Waals surface area contributed by atoms with Crippen molar-refractivity contribution in [3.63, 3.8) is 0 Å². The number of hydrogen-bond donors (Lipinski definition) is 1. The van der Waals surface area contributed by atoms with Gasteiger partial charge in [0.25, 0.3) is 0 Å². The molecule has 0 radical (unpaired) electrons. The van der Waals surface area contributed by atoms with E-state index in [9.17, 15) is 18.3 Å². The predicted molar refractivity (Wildman–Crippen MR) is 68.9 cm³/mol. The number of hydrogen-bond acceptors (Lipinski definition) is 2. The highest BCUT2D eigenvalue weighted by molar-refractivity contribution is 6.30. The number of aromatic hydroxyl groups is 1. The second-order valence-electron chi connectivity index (χ2n) is 4.06. The van der Waals surface area contributed by atoms with Crippen LogP contribution in [-0.2, 0) is 12.8 Å². The van der Waals surface area contributed by atoms with Crippen LogP contribution >= 0.6 is 11.6 Å². The molecule has 6 heteroatoms. The van der Waals surface area contributed by atoms with Crippen LogP contribution in [0.15, 0.2) is 42.5 Å². The van der Waals surface area contributed by atoms with Gasteiger partial charge >= 0.3 is 6.18 Å². The molecule has 2 aromatic carbocycles. The van der Waals surface area contributed by atoms with Crippen LogP contribution in [0.1, 0.15) is 11.1 Å². The molecule has 0 aliphatic rings. The molecule has 0 saturated carbocycles. The van der Waals surface area contributed by atoms with E-state index in [2.05, 4.69) is 0 Å². The molecule has 2 aromatic rings. The quantitative estimate of drug-likeness (QED) is 0.894. The van der Waals surface area contributed by atoms with Gasteiger partial charge in [0.2, 0.25) is 0 Å². The lowest BCUT2D eigenvalue weighted by Crippen LogP contribution is -2.08. The Kier molecular flexibility index (Phi) is 4.09. The normalized spacial score (nSPS) is 11.4. The molecule has 0 saturated heterocycles. The number of phenolic OH excluding ortho intramolecular Hbond substituents is 1. The number of benzene rings is 2. The summed E-state index contributed by atoms with van der Waals surface area (Å²) in [5.74, 6) is -0.406.